The van der Waals surface area contributed by atoms with Gasteiger partial charge in [-0.05, 0) is 18.6 Å². The highest BCUT2D eigenvalue weighted by Gasteiger charge is 2.40. The molecule has 2 atom stereocenters. The molecule has 1 aliphatic heterocycles. The van der Waals surface area contributed by atoms with Crippen molar-refractivity contribution in [3.63, 3.8) is 0 Å². The molecule has 0 radical (unpaired) electrons. The van der Waals surface area contributed by atoms with E-state index in [4.69, 9.17) is 0 Å². The molecule has 1 aliphatic rings. The normalized spacial score (nSPS) is 33.2. The summed E-state index contributed by atoms with van der Waals surface area (Å²) >= 11 is 1.81. The quantitative estimate of drug-likeness (QED) is 0.753. The summed E-state index contributed by atoms with van der Waals surface area (Å²) in [5, 5.41) is 18.5. The van der Waals surface area contributed by atoms with Gasteiger partial charge in [0, 0.05) is 12.3 Å². The van der Waals surface area contributed by atoms with E-state index in [1.54, 1.807) is 10.9 Å². The molecule has 78 valence electrons. The van der Waals surface area contributed by atoms with Crippen LogP contribution in [0.15, 0.2) is 6.20 Å². The Labute approximate surface area is 87.7 Å². The first-order valence-electron chi connectivity index (χ1n) is 4.84. The van der Waals surface area contributed by atoms with Crippen molar-refractivity contribution in [2.75, 3.05) is 5.75 Å². The SMILES string of the molecule is CC1SCCCC1(O)c1cnnn1C. The first-order valence-corrected chi connectivity index (χ1v) is 5.88. The van der Waals surface area contributed by atoms with Crippen molar-refractivity contribution >= 4 is 11.8 Å². The number of aryl methyl sites for hydroxylation is 1. The summed E-state index contributed by atoms with van der Waals surface area (Å²) in [6, 6.07) is 0. The van der Waals surface area contributed by atoms with Crippen LogP contribution in [0.5, 0.6) is 0 Å². The lowest BCUT2D eigenvalue weighted by Gasteiger charge is -2.37. The molecule has 14 heavy (non-hydrogen) atoms. The number of nitrogens with zero attached hydrogens (tertiary/aromatic N) is 3. The first-order chi connectivity index (χ1) is 6.64. The van der Waals surface area contributed by atoms with Crippen molar-refractivity contribution in [1.29, 1.82) is 0 Å². The average Bonchev–Trinajstić information content (AvgIpc) is 2.57. The zero-order valence-electron chi connectivity index (χ0n) is 8.47. The predicted molar refractivity (Wildman–Crippen MR) is 56.1 cm³/mol. The number of rotatable bonds is 1. The van der Waals surface area contributed by atoms with Crippen LogP contribution in [0.2, 0.25) is 0 Å². The van der Waals surface area contributed by atoms with Crippen molar-refractivity contribution in [3.8, 4) is 0 Å². The molecule has 0 saturated carbocycles. The highest BCUT2D eigenvalue weighted by Crippen LogP contribution is 2.40. The molecule has 4 nitrogen and oxygen atoms in total. The summed E-state index contributed by atoms with van der Waals surface area (Å²) in [6.45, 7) is 2.07. The molecular weight excluding hydrogens is 198 g/mol. The minimum Gasteiger partial charge on any atom is -0.382 e. The van der Waals surface area contributed by atoms with Crippen molar-refractivity contribution in [1.82, 2.24) is 15.0 Å². The van der Waals surface area contributed by atoms with E-state index in [1.807, 2.05) is 18.8 Å². The first kappa shape index (κ1) is 9.98. The number of aliphatic hydroxyl groups is 1. The highest BCUT2D eigenvalue weighted by atomic mass is 32.2. The van der Waals surface area contributed by atoms with Crippen molar-refractivity contribution in [2.24, 2.45) is 7.05 Å². The maximum absolute atomic E-state index is 10.6. The fourth-order valence-corrected chi connectivity index (χ4v) is 3.14. The van der Waals surface area contributed by atoms with Crippen molar-refractivity contribution < 1.29 is 5.11 Å². The Kier molecular flexibility index (Phi) is 2.53. The van der Waals surface area contributed by atoms with Crippen LogP contribution in [0.1, 0.15) is 25.5 Å². The van der Waals surface area contributed by atoms with Crippen molar-refractivity contribution in [2.45, 2.75) is 30.6 Å². The van der Waals surface area contributed by atoms with E-state index < -0.39 is 5.60 Å². The van der Waals surface area contributed by atoms with Crippen molar-refractivity contribution in [3.05, 3.63) is 11.9 Å². The van der Waals surface area contributed by atoms with Gasteiger partial charge in [0.2, 0.25) is 0 Å². The number of thioether (sulfide) groups is 1. The molecule has 5 heteroatoms. The molecule has 2 unspecified atom stereocenters. The van der Waals surface area contributed by atoms with Gasteiger partial charge in [-0.2, -0.15) is 11.8 Å². The van der Waals surface area contributed by atoms with Crippen LogP contribution in [0, 0.1) is 0 Å². The predicted octanol–water partition coefficient (Wildman–Crippen LogP) is 0.918. The van der Waals surface area contributed by atoms with Gasteiger partial charge in [-0.3, -0.25) is 0 Å². The Morgan fingerprint density at radius 3 is 3.07 bits per heavy atom. The smallest absolute Gasteiger partial charge is 0.119 e. The highest BCUT2D eigenvalue weighted by molar-refractivity contribution is 8.00. The monoisotopic (exact) mass is 213 g/mol. The van der Waals surface area contributed by atoms with E-state index in [0.717, 1.165) is 24.3 Å². The Bertz CT molecular complexity index is 328. The van der Waals surface area contributed by atoms with Crippen LogP contribution in [0.3, 0.4) is 0 Å². The van der Waals surface area contributed by atoms with E-state index in [2.05, 4.69) is 17.2 Å². The second-order valence-electron chi connectivity index (χ2n) is 3.78. The number of hydrogen-bond acceptors (Lipinski definition) is 4. The van der Waals surface area contributed by atoms with Gasteiger partial charge in [-0.1, -0.05) is 12.1 Å². The molecular formula is C9H15N3OS. The van der Waals surface area contributed by atoms with E-state index in [0.29, 0.717) is 0 Å². The topological polar surface area (TPSA) is 50.9 Å². The summed E-state index contributed by atoms with van der Waals surface area (Å²) < 4.78 is 1.67. The van der Waals surface area contributed by atoms with E-state index >= 15 is 0 Å². The second kappa shape index (κ2) is 3.55. The van der Waals surface area contributed by atoms with Crippen LogP contribution in [-0.2, 0) is 12.6 Å². The van der Waals surface area contributed by atoms with Crippen LogP contribution in [0.25, 0.3) is 0 Å². The Morgan fingerprint density at radius 1 is 1.71 bits per heavy atom. The number of aromatic nitrogens is 3. The summed E-state index contributed by atoms with van der Waals surface area (Å²) in [4.78, 5) is 0. The summed E-state index contributed by atoms with van der Waals surface area (Å²) in [5.74, 6) is 1.13. The van der Waals surface area contributed by atoms with Gasteiger partial charge in [0.25, 0.3) is 0 Å². The number of hydrogen-bond donors (Lipinski definition) is 1. The Balaban J connectivity index is 2.34. The van der Waals surface area contributed by atoms with Crippen LogP contribution >= 0.6 is 11.8 Å². The Hall–Kier alpha value is -0.550. The third-order valence-corrected chi connectivity index (χ3v) is 4.31. The van der Waals surface area contributed by atoms with Crippen LogP contribution in [0.4, 0.5) is 0 Å². The zero-order chi connectivity index (χ0) is 10.2. The summed E-state index contributed by atoms with van der Waals surface area (Å²) in [6.07, 6.45) is 3.53. The summed E-state index contributed by atoms with van der Waals surface area (Å²) in [7, 11) is 1.83. The fraction of sp³-hybridized carbons (Fsp3) is 0.778. The molecule has 0 aliphatic carbocycles. The average molecular weight is 213 g/mol. The maximum Gasteiger partial charge on any atom is 0.119 e. The van der Waals surface area contributed by atoms with Crippen LogP contribution in [-0.4, -0.2) is 31.1 Å². The minimum atomic E-state index is -0.749. The van der Waals surface area contributed by atoms with Gasteiger partial charge in [0.05, 0.1) is 11.9 Å². The largest absolute Gasteiger partial charge is 0.382 e. The molecule has 1 fully saturated rings. The van der Waals surface area contributed by atoms with Gasteiger partial charge in [0.15, 0.2) is 0 Å². The zero-order valence-corrected chi connectivity index (χ0v) is 9.29. The molecule has 1 aromatic rings. The van der Waals surface area contributed by atoms with Gasteiger partial charge in [-0.15, -0.1) is 5.10 Å². The third-order valence-electron chi connectivity index (χ3n) is 2.90. The molecule has 2 heterocycles. The van der Waals surface area contributed by atoms with E-state index in [9.17, 15) is 5.11 Å². The summed E-state index contributed by atoms with van der Waals surface area (Å²) in [5.41, 5.74) is 0.0819. The van der Waals surface area contributed by atoms with Gasteiger partial charge >= 0.3 is 0 Å². The molecule has 0 amide bonds. The molecule has 1 aromatic heterocycles. The third kappa shape index (κ3) is 1.44. The molecule has 0 bridgehead atoms. The molecule has 1 saturated heterocycles. The van der Waals surface area contributed by atoms with Gasteiger partial charge in [-0.25, -0.2) is 4.68 Å². The molecule has 2 rings (SSSR count). The standard InChI is InChI=1S/C9H15N3OS/c1-7-9(13,4-3-5-14-7)8-6-10-11-12(8)2/h6-7,13H,3-5H2,1-2H3. The van der Waals surface area contributed by atoms with Gasteiger partial charge in [0.1, 0.15) is 5.60 Å². The lowest BCUT2D eigenvalue weighted by molar-refractivity contribution is 0.0175. The second-order valence-corrected chi connectivity index (χ2v) is 5.23. The van der Waals surface area contributed by atoms with Crippen LogP contribution < -0.4 is 0 Å². The van der Waals surface area contributed by atoms with E-state index in [1.165, 1.54) is 0 Å². The molecule has 1 N–H and O–H groups in total. The molecule has 0 spiro atoms. The minimum absolute atomic E-state index is 0.216. The fourth-order valence-electron chi connectivity index (χ4n) is 1.96. The molecule has 0 aromatic carbocycles. The lowest BCUT2D eigenvalue weighted by atomic mass is 9.90. The maximum atomic E-state index is 10.6. The lowest BCUT2D eigenvalue weighted by Crippen LogP contribution is -2.40. The van der Waals surface area contributed by atoms with Gasteiger partial charge < -0.3 is 5.11 Å². The van der Waals surface area contributed by atoms with E-state index in [-0.39, 0.29) is 5.25 Å². The Morgan fingerprint density at radius 2 is 2.50 bits per heavy atom.